The van der Waals surface area contributed by atoms with Crippen LogP contribution < -0.4 is 10.7 Å². The molecule has 2 N–H and O–H groups in total. The van der Waals surface area contributed by atoms with Crippen molar-refractivity contribution in [2.75, 3.05) is 5.32 Å². The summed E-state index contributed by atoms with van der Waals surface area (Å²) in [6.07, 6.45) is 3.68. The maximum atomic E-state index is 12.5. The van der Waals surface area contributed by atoms with E-state index in [0.29, 0.717) is 15.7 Å². The van der Waals surface area contributed by atoms with Crippen molar-refractivity contribution in [1.82, 2.24) is 20.2 Å². The molecule has 2 amide bonds. The highest BCUT2D eigenvalue weighted by Crippen LogP contribution is 2.21. The van der Waals surface area contributed by atoms with E-state index in [-0.39, 0.29) is 18.2 Å². The average Bonchev–Trinajstić information content (AvgIpc) is 3.49. The average molecular weight is 509 g/mol. The summed E-state index contributed by atoms with van der Waals surface area (Å²) >= 11 is 1.16. The molecule has 3 aromatic carbocycles. The van der Waals surface area contributed by atoms with Crippen molar-refractivity contribution >= 4 is 45.4 Å². The normalized spacial score (nSPS) is 11.2. The standard InChI is InChI=1S/C28H24N6O2S/c1-19-9-5-6-12-22(19)27(36)30-28-33-32-26(37-28)15-25(35)31-29-16-21-18-34(17-20-10-3-2-4-11-20)24-14-8-7-13-23(21)24/h2-14,16,18H,15,17H2,1H3,(H,31,35)(H,30,33,36)/b29-16-. The fourth-order valence-corrected chi connectivity index (χ4v) is 4.74. The summed E-state index contributed by atoms with van der Waals surface area (Å²) < 4.78 is 2.17. The van der Waals surface area contributed by atoms with Crippen LogP contribution >= 0.6 is 11.3 Å². The van der Waals surface area contributed by atoms with Crippen LogP contribution in [0.15, 0.2) is 90.2 Å². The van der Waals surface area contributed by atoms with E-state index in [1.54, 1.807) is 18.3 Å². The lowest BCUT2D eigenvalue weighted by Gasteiger charge is -2.05. The minimum atomic E-state index is -0.322. The molecular weight excluding hydrogens is 484 g/mol. The van der Waals surface area contributed by atoms with Crippen molar-refractivity contribution in [1.29, 1.82) is 0 Å². The second kappa shape index (κ2) is 11.0. The van der Waals surface area contributed by atoms with E-state index in [1.807, 2.05) is 61.7 Å². The van der Waals surface area contributed by atoms with E-state index in [9.17, 15) is 9.59 Å². The number of hydrogen-bond donors (Lipinski definition) is 2. The highest BCUT2D eigenvalue weighted by atomic mass is 32.1. The highest BCUT2D eigenvalue weighted by Gasteiger charge is 2.14. The molecule has 0 bridgehead atoms. The molecule has 0 spiro atoms. The molecule has 9 heteroatoms. The Balaban J connectivity index is 1.21. The van der Waals surface area contributed by atoms with E-state index in [2.05, 4.69) is 48.8 Å². The number of benzene rings is 3. The molecule has 0 atom stereocenters. The Bertz CT molecular complexity index is 1590. The molecule has 0 saturated carbocycles. The van der Waals surface area contributed by atoms with Crippen molar-refractivity contribution in [2.24, 2.45) is 5.10 Å². The molecule has 0 aliphatic rings. The van der Waals surface area contributed by atoms with E-state index in [1.165, 1.54) is 5.56 Å². The zero-order valence-corrected chi connectivity index (χ0v) is 20.9. The Hall–Kier alpha value is -4.63. The second-order valence-electron chi connectivity index (χ2n) is 8.46. The number of nitrogens with one attached hydrogen (secondary N) is 2. The SMILES string of the molecule is Cc1ccccc1C(=O)Nc1nnc(CC(=O)N/N=C\c2cn(Cc3ccccc3)c3ccccc23)s1. The topological polar surface area (TPSA) is 101 Å². The molecule has 0 aliphatic heterocycles. The van der Waals surface area contributed by atoms with Gasteiger partial charge in [-0.25, -0.2) is 5.43 Å². The van der Waals surface area contributed by atoms with Crippen molar-refractivity contribution in [2.45, 2.75) is 19.9 Å². The van der Waals surface area contributed by atoms with Gasteiger partial charge in [0.25, 0.3) is 5.91 Å². The molecule has 184 valence electrons. The van der Waals surface area contributed by atoms with Crippen LogP contribution in [-0.2, 0) is 17.8 Å². The summed E-state index contributed by atoms with van der Waals surface area (Å²) in [4.78, 5) is 24.9. The van der Waals surface area contributed by atoms with Crippen molar-refractivity contribution in [3.8, 4) is 0 Å². The summed E-state index contributed by atoms with van der Waals surface area (Å²) in [5.74, 6) is -0.585. The molecule has 0 radical (unpaired) electrons. The van der Waals surface area contributed by atoms with Gasteiger partial charge in [0, 0.05) is 34.8 Å². The number of hydrogen-bond acceptors (Lipinski definition) is 6. The van der Waals surface area contributed by atoms with Gasteiger partial charge in [-0.3, -0.25) is 14.9 Å². The number of nitrogens with zero attached hydrogens (tertiary/aromatic N) is 4. The zero-order chi connectivity index (χ0) is 25.6. The fourth-order valence-electron chi connectivity index (χ4n) is 4.01. The monoisotopic (exact) mass is 508 g/mol. The van der Waals surface area contributed by atoms with Gasteiger partial charge in [0.05, 0.1) is 12.6 Å². The molecule has 5 rings (SSSR count). The summed E-state index contributed by atoms with van der Waals surface area (Å²) in [6, 6.07) is 25.6. The van der Waals surface area contributed by atoms with Crippen LogP contribution in [0.4, 0.5) is 5.13 Å². The second-order valence-corrected chi connectivity index (χ2v) is 9.52. The van der Waals surface area contributed by atoms with Gasteiger partial charge in [-0.2, -0.15) is 5.10 Å². The molecule has 2 aromatic heterocycles. The maximum absolute atomic E-state index is 12.5. The van der Waals surface area contributed by atoms with Crippen LogP contribution in [0.3, 0.4) is 0 Å². The number of para-hydroxylation sites is 1. The third kappa shape index (κ3) is 5.79. The van der Waals surface area contributed by atoms with Crippen molar-refractivity contribution < 1.29 is 9.59 Å². The Morgan fingerprint density at radius 3 is 2.57 bits per heavy atom. The Morgan fingerprint density at radius 1 is 0.973 bits per heavy atom. The van der Waals surface area contributed by atoms with E-state index >= 15 is 0 Å². The number of rotatable bonds is 8. The van der Waals surface area contributed by atoms with Crippen LogP contribution in [0.1, 0.15) is 32.1 Å². The van der Waals surface area contributed by atoms with Gasteiger partial charge in [0.15, 0.2) is 0 Å². The van der Waals surface area contributed by atoms with Gasteiger partial charge in [-0.15, -0.1) is 10.2 Å². The summed E-state index contributed by atoms with van der Waals surface area (Å²) in [5.41, 5.74) is 7.19. The third-order valence-corrected chi connectivity index (χ3v) is 6.64. The Labute approximate surface area is 217 Å². The van der Waals surface area contributed by atoms with Gasteiger partial charge in [-0.05, 0) is 30.2 Å². The molecule has 8 nitrogen and oxygen atoms in total. The molecule has 0 saturated heterocycles. The first-order chi connectivity index (χ1) is 18.1. The lowest BCUT2D eigenvalue weighted by Crippen LogP contribution is -2.19. The number of amides is 2. The van der Waals surface area contributed by atoms with E-state index < -0.39 is 0 Å². The smallest absolute Gasteiger partial charge is 0.257 e. The fraction of sp³-hybridized carbons (Fsp3) is 0.107. The Morgan fingerprint density at radius 2 is 1.73 bits per heavy atom. The minimum Gasteiger partial charge on any atom is -0.342 e. The van der Waals surface area contributed by atoms with Gasteiger partial charge in [-0.1, -0.05) is 78.1 Å². The highest BCUT2D eigenvalue weighted by molar-refractivity contribution is 7.15. The predicted octanol–water partition coefficient (Wildman–Crippen LogP) is 4.79. The molecule has 0 aliphatic carbocycles. The number of aromatic nitrogens is 3. The number of fused-ring (bicyclic) bond motifs is 1. The zero-order valence-electron chi connectivity index (χ0n) is 20.1. The molecule has 0 fully saturated rings. The van der Waals surface area contributed by atoms with Crippen molar-refractivity contribution in [3.05, 3.63) is 112 Å². The van der Waals surface area contributed by atoms with E-state index in [4.69, 9.17) is 0 Å². The van der Waals surface area contributed by atoms with Crippen molar-refractivity contribution in [3.63, 3.8) is 0 Å². The number of carbonyl (C=O) groups excluding carboxylic acids is 2. The van der Waals surface area contributed by atoms with Crippen LogP contribution in [0.25, 0.3) is 10.9 Å². The molecule has 5 aromatic rings. The first-order valence-corrected chi connectivity index (χ1v) is 12.5. The number of aryl methyl sites for hydroxylation is 1. The van der Waals surface area contributed by atoms with Crippen LogP contribution in [-0.4, -0.2) is 32.8 Å². The van der Waals surface area contributed by atoms with Gasteiger partial charge >= 0.3 is 0 Å². The largest absolute Gasteiger partial charge is 0.342 e. The first-order valence-electron chi connectivity index (χ1n) is 11.7. The van der Waals surface area contributed by atoms with E-state index in [0.717, 1.165) is 39.9 Å². The molecule has 2 heterocycles. The predicted molar refractivity (Wildman–Crippen MR) is 146 cm³/mol. The van der Waals surface area contributed by atoms with Gasteiger partial charge in [0.2, 0.25) is 11.0 Å². The first kappa shape index (κ1) is 24.1. The maximum Gasteiger partial charge on any atom is 0.257 e. The molecule has 0 unspecified atom stereocenters. The summed E-state index contributed by atoms with van der Waals surface area (Å²) in [5, 5.41) is 16.8. The van der Waals surface area contributed by atoms with Crippen LogP contribution in [0, 0.1) is 6.92 Å². The number of anilines is 1. The van der Waals surface area contributed by atoms with Gasteiger partial charge in [0.1, 0.15) is 5.01 Å². The minimum absolute atomic E-state index is 0.00497. The van der Waals surface area contributed by atoms with Crippen LogP contribution in [0.2, 0.25) is 0 Å². The third-order valence-electron chi connectivity index (χ3n) is 5.80. The lowest BCUT2D eigenvalue weighted by atomic mass is 10.1. The summed E-state index contributed by atoms with van der Waals surface area (Å²) in [7, 11) is 0. The Kier molecular flexibility index (Phi) is 7.14. The lowest BCUT2D eigenvalue weighted by molar-refractivity contribution is -0.120. The van der Waals surface area contributed by atoms with Gasteiger partial charge < -0.3 is 4.57 Å². The summed E-state index contributed by atoms with van der Waals surface area (Å²) in [6.45, 7) is 2.60. The number of carbonyl (C=O) groups is 2. The number of hydrazone groups is 1. The quantitative estimate of drug-likeness (QED) is 0.232. The molecular formula is C28H24N6O2S. The molecule has 37 heavy (non-hydrogen) atoms. The van der Waals surface area contributed by atoms with Crippen LogP contribution in [0.5, 0.6) is 0 Å².